The quantitative estimate of drug-likeness (QED) is 0.767. The second-order valence-electron chi connectivity index (χ2n) is 5.38. The second kappa shape index (κ2) is 5.95. The summed E-state index contributed by atoms with van der Waals surface area (Å²) in [5, 5.41) is 0. The highest BCUT2D eigenvalue weighted by Gasteiger charge is 2.29. The SMILES string of the molecule is CCOC(=O)C1=C(N)CCN(C(=O)OC(C)(C)C)C1. The minimum atomic E-state index is -0.562. The molecule has 0 saturated carbocycles. The van der Waals surface area contributed by atoms with Gasteiger partial charge in [0.05, 0.1) is 18.7 Å². The second-order valence-corrected chi connectivity index (χ2v) is 5.38. The number of hydrogen-bond acceptors (Lipinski definition) is 5. The van der Waals surface area contributed by atoms with Gasteiger partial charge in [-0.15, -0.1) is 0 Å². The van der Waals surface area contributed by atoms with E-state index in [4.69, 9.17) is 15.2 Å². The van der Waals surface area contributed by atoms with E-state index in [0.717, 1.165) is 0 Å². The minimum absolute atomic E-state index is 0.138. The molecule has 2 N–H and O–H groups in total. The van der Waals surface area contributed by atoms with Gasteiger partial charge in [-0.05, 0) is 27.7 Å². The topological polar surface area (TPSA) is 81.9 Å². The number of esters is 1. The molecular formula is C13H22N2O4. The lowest BCUT2D eigenvalue weighted by Crippen LogP contribution is -2.43. The van der Waals surface area contributed by atoms with Crippen LogP contribution in [0.15, 0.2) is 11.3 Å². The summed E-state index contributed by atoms with van der Waals surface area (Å²) in [7, 11) is 0. The van der Waals surface area contributed by atoms with E-state index in [1.54, 1.807) is 27.7 Å². The average Bonchev–Trinajstić information content (AvgIpc) is 2.27. The molecule has 0 atom stereocenters. The maximum atomic E-state index is 11.9. The summed E-state index contributed by atoms with van der Waals surface area (Å²) in [5.74, 6) is -0.465. The molecule has 1 amide bonds. The fourth-order valence-corrected chi connectivity index (χ4v) is 1.67. The first kappa shape index (κ1) is 15.3. The lowest BCUT2D eigenvalue weighted by molar-refractivity contribution is -0.138. The molecule has 0 aromatic carbocycles. The summed E-state index contributed by atoms with van der Waals surface area (Å²) in [6.45, 7) is 7.98. The smallest absolute Gasteiger partial charge is 0.410 e. The first-order valence-electron chi connectivity index (χ1n) is 6.37. The highest BCUT2D eigenvalue weighted by molar-refractivity contribution is 5.90. The number of carbonyl (C=O) groups is 2. The Bertz CT molecular complexity index is 396. The van der Waals surface area contributed by atoms with E-state index in [1.165, 1.54) is 4.90 Å². The standard InChI is InChI=1S/C13H22N2O4/c1-5-18-11(16)9-8-15(7-6-10(9)14)12(17)19-13(2,3)4/h5-8,14H2,1-4H3. The Balaban J connectivity index is 2.73. The van der Waals surface area contributed by atoms with Crippen LogP contribution in [0, 0.1) is 0 Å². The van der Waals surface area contributed by atoms with Crippen LogP contribution in [0.5, 0.6) is 0 Å². The maximum absolute atomic E-state index is 11.9. The van der Waals surface area contributed by atoms with Crippen molar-refractivity contribution in [2.24, 2.45) is 5.73 Å². The summed E-state index contributed by atoms with van der Waals surface area (Å²) in [5.41, 5.74) is 6.07. The predicted octanol–water partition coefficient (Wildman–Crippen LogP) is 1.40. The maximum Gasteiger partial charge on any atom is 0.410 e. The molecule has 0 fully saturated rings. The third-order valence-corrected chi connectivity index (χ3v) is 2.56. The van der Waals surface area contributed by atoms with Crippen LogP contribution in [-0.2, 0) is 14.3 Å². The lowest BCUT2D eigenvalue weighted by Gasteiger charge is -2.31. The molecule has 1 heterocycles. The van der Waals surface area contributed by atoms with Crippen molar-refractivity contribution < 1.29 is 19.1 Å². The number of nitrogens with zero attached hydrogens (tertiary/aromatic N) is 1. The molecule has 0 aliphatic carbocycles. The van der Waals surface area contributed by atoms with Crippen LogP contribution in [0.4, 0.5) is 4.79 Å². The summed E-state index contributed by atoms with van der Waals surface area (Å²) in [4.78, 5) is 25.1. The molecule has 0 unspecified atom stereocenters. The molecule has 1 aliphatic heterocycles. The number of nitrogens with two attached hydrogens (primary N) is 1. The Hall–Kier alpha value is -1.72. The highest BCUT2D eigenvalue weighted by atomic mass is 16.6. The van der Waals surface area contributed by atoms with Crippen LogP contribution in [0.25, 0.3) is 0 Å². The van der Waals surface area contributed by atoms with Gasteiger partial charge in [0.1, 0.15) is 5.60 Å². The first-order chi connectivity index (χ1) is 8.74. The van der Waals surface area contributed by atoms with Crippen LogP contribution in [0.2, 0.25) is 0 Å². The highest BCUT2D eigenvalue weighted by Crippen LogP contribution is 2.18. The van der Waals surface area contributed by atoms with Gasteiger partial charge in [-0.25, -0.2) is 9.59 Å². The van der Waals surface area contributed by atoms with Crippen molar-refractivity contribution in [2.75, 3.05) is 19.7 Å². The molecule has 0 aromatic rings. The van der Waals surface area contributed by atoms with Gasteiger partial charge in [-0.2, -0.15) is 0 Å². The van der Waals surface area contributed by atoms with Crippen molar-refractivity contribution in [2.45, 2.75) is 39.7 Å². The average molecular weight is 270 g/mol. The van der Waals surface area contributed by atoms with Crippen molar-refractivity contribution in [1.29, 1.82) is 0 Å². The zero-order valence-electron chi connectivity index (χ0n) is 12.0. The first-order valence-corrected chi connectivity index (χ1v) is 6.37. The molecule has 1 rings (SSSR count). The fraction of sp³-hybridized carbons (Fsp3) is 0.692. The molecule has 0 radical (unpaired) electrons. The Morgan fingerprint density at radius 3 is 2.53 bits per heavy atom. The van der Waals surface area contributed by atoms with Gasteiger partial charge >= 0.3 is 12.1 Å². The Kier molecular flexibility index (Phi) is 4.80. The van der Waals surface area contributed by atoms with Gasteiger partial charge < -0.3 is 20.1 Å². The van der Waals surface area contributed by atoms with E-state index < -0.39 is 17.7 Å². The van der Waals surface area contributed by atoms with Crippen LogP contribution in [-0.4, -0.2) is 42.3 Å². The summed E-state index contributed by atoms with van der Waals surface area (Å²) >= 11 is 0. The molecule has 6 nitrogen and oxygen atoms in total. The van der Waals surface area contributed by atoms with E-state index >= 15 is 0 Å². The van der Waals surface area contributed by atoms with Crippen molar-refractivity contribution in [3.05, 3.63) is 11.3 Å². The predicted molar refractivity (Wildman–Crippen MR) is 70.3 cm³/mol. The summed E-state index contributed by atoms with van der Waals surface area (Å²) in [6, 6.07) is 0. The number of rotatable bonds is 2. The largest absolute Gasteiger partial charge is 0.463 e. The van der Waals surface area contributed by atoms with Crippen molar-refractivity contribution >= 4 is 12.1 Å². The molecule has 6 heteroatoms. The molecule has 0 spiro atoms. The molecular weight excluding hydrogens is 248 g/mol. The normalized spacial score (nSPS) is 16.3. The molecule has 1 aliphatic rings. The van der Waals surface area contributed by atoms with Gasteiger partial charge in [-0.3, -0.25) is 0 Å². The lowest BCUT2D eigenvalue weighted by atomic mass is 10.1. The van der Waals surface area contributed by atoms with E-state index in [2.05, 4.69) is 0 Å². The van der Waals surface area contributed by atoms with Crippen LogP contribution < -0.4 is 5.73 Å². The fourth-order valence-electron chi connectivity index (χ4n) is 1.67. The van der Waals surface area contributed by atoms with E-state index in [1.807, 2.05) is 0 Å². The van der Waals surface area contributed by atoms with Gasteiger partial charge in [-0.1, -0.05) is 0 Å². The molecule has 0 aromatic heterocycles. The number of carbonyl (C=O) groups excluding carboxylic acids is 2. The molecule has 19 heavy (non-hydrogen) atoms. The van der Waals surface area contributed by atoms with E-state index in [-0.39, 0.29) is 13.2 Å². The van der Waals surface area contributed by atoms with Crippen LogP contribution in [0.1, 0.15) is 34.1 Å². The Morgan fingerprint density at radius 2 is 2.00 bits per heavy atom. The van der Waals surface area contributed by atoms with Crippen LogP contribution >= 0.6 is 0 Å². The van der Waals surface area contributed by atoms with Crippen molar-refractivity contribution in [3.8, 4) is 0 Å². The number of amides is 1. The van der Waals surface area contributed by atoms with Gasteiger partial charge in [0.2, 0.25) is 0 Å². The van der Waals surface area contributed by atoms with E-state index in [0.29, 0.717) is 24.2 Å². The van der Waals surface area contributed by atoms with Crippen molar-refractivity contribution in [1.82, 2.24) is 4.90 Å². The van der Waals surface area contributed by atoms with Gasteiger partial charge in [0.25, 0.3) is 0 Å². The van der Waals surface area contributed by atoms with Gasteiger partial charge in [0.15, 0.2) is 0 Å². The number of hydrogen-bond donors (Lipinski definition) is 1. The Labute approximate surface area is 113 Å². The zero-order chi connectivity index (χ0) is 14.6. The molecule has 0 bridgehead atoms. The third kappa shape index (κ3) is 4.46. The van der Waals surface area contributed by atoms with Crippen molar-refractivity contribution in [3.63, 3.8) is 0 Å². The zero-order valence-corrected chi connectivity index (χ0v) is 12.0. The third-order valence-electron chi connectivity index (χ3n) is 2.56. The molecule has 0 saturated heterocycles. The van der Waals surface area contributed by atoms with E-state index in [9.17, 15) is 9.59 Å². The minimum Gasteiger partial charge on any atom is -0.463 e. The summed E-state index contributed by atoms with van der Waals surface area (Å²) < 4.78 is 10.2. The summed E-state index contributed by atoms with van der Waals surface area (Å²) in [6.07, 6.45) is 0.00900. The molecule has 108 valence electrons. The number of ether oxygens (including phenoxy) is 2. The van der Waals surface area contributed by atoms with Crippen LogP contribution in [0.3, 0.4) is 0 Å². The van der Waals surface area contributed by atoms with Gasteiger partial charge in [0, 0.05) is 18.7 Å². The monoisotopic (exact) mass is 270 g/mol. The Morgan fingerprint density at radius 1 is 1.37 bits per heavy atom.